The van der Waals surface area contributed by atoms with Crippen molar-refractivity contribution < 1.29 is 9.59 Å². The number of carbonyl (C=O) groups excluding carboxylic acids is 2. The minimum Gasteiger partial charge on any atom is -0.355 e. The summed E-state index contributed by atoms with van der Waals surface area (Å²) in [5.74, 6) is -0.322. The molecule has 1 aromatic rings. The van der Waals surface area contributed by atoms with Crippen molar-refractivity contribution in [3.8, 4) is 0 Å². The average molecular weight is 277 g/mol. The summed E-state index contributed by atoms with van der Waals surface area (Å²) in [6, 6.07) is 7.14. The van der Waals surface area contributed by atoms with Crippen molar-refractivity contribution in [1.82, 2.24) is 10.6 Å². The second kappa shape index (κ2) is 7.05. The van der Waals surface area contributed by atoms with Crippen molar-refractivity contribution >= 4 is 11.8 Å². The number of hydrogen-bond donors (Lipinski definition) is 3. The van der Waals surface area contributed by atoms with Crippen LogP contribution >= 0.6 is 0 Å². The molecule has 0 bridgehead atoms. The van der Waals surface area contributed by atoms with Gasteiger partial charge in [0.1, 0.15) is 0 Å². The molecular weight excluding hydrogens is 254 g/mol. The summed E-state index contributed by atoms with van der Waals surface area (Å²) in [6.45, 7) is 4.08. The summed E-state index contributed by atoms with van der Waals surface area (Å²) in [7, 11) is 1.58. The minimum absolute atomic E-state index is 0.146. The maximum absolute atomic E-state index is 12.0. The molecule has 110 valence electrons. The van der Waals surface area contributed by atoms with Gasteiger partial charge in [-0.1, -0.05) is 25.5 Å². The molecule has 1 unspecified atom stereocenters. The van der Waals surface area contributed by atoms with Crippen molar-refractivity contribution in [3.05, 3.63) is 35.4 Å². The van der Waals surface area contributed by atoms with Gasteiger partial charge in [-0.25, -0.2) is 0 Å². The lowest BCUT2D eigenvalue weighted by Crippen LogP contribution is -2.51. The van der Waals surface area contributed by atoms with Gasteiger partial charge >= 0.3 is 0 Å². The fourth-order valence-corrected chi connectivity index (χ4v) is 1.98. The molecule has 1 atom stereocenters. The zero-order valence-electron chi connectivity index (χ0n) is 12.3. The summed E-state index contributed by atoms with van der Waals surface area (Å²) in [5, 5.41) is 5.38. The molecule has 0 heterocycles. The Morgan fingerprint density at radius 1 is 1.35 bits per heavy atom. The molecule has 0 saturated heterocycles. The number of rotatable bonds is 6. The third-order valence-corrected chi connectivity index (χ3v) is 3.16. The van der Waals surface area contributed by atoms with Crippen LogP contribution in [0, 0.1) is 0 Å². The van der Waals surface area contributed by atoms with Gasteiger partial charge in [0.05, 0.1) is 5.54 Å². The zero-order chi connectivity index (χ0) is 15.2. The van der Waals surface area contributed by atoms with E-state index in [0.717, 1.165) is 12.0 Å². The van der Waals surface area contributed by atoms with Crippen molar-refractivity contribution in [1.29, 1.82) is 0 Å². The van der Waals surface area contributed by atoms with E-state index < -0.39 is 5.54 Å². The van der Waals surface area contributed by atoms with E-state index in [1.54, 1.807) is 32.2 Å². The first-order valence-corrected chi connectivity index (χ1v) is 6.79. The molecule has 0 spiro atoms. The van der Waals surface area contributed by atoms with E-state index in [1.165, 1.54) is 0 Å². The maximum Gasteiger partial charge on any atom is 0.251 e. The second-order valence-electron chi connectivity index (χ2n) is 5.13. The smallest absolute Gasteiger partial charge is 0.251 e. The summed E-state index contributed by atoms with van der Waals surface area (Å²) >= 11 is 0. The Morgan fingerprint density at radius 3 is 2.65 bits per heavy atom. The van der Waals surface area contributed by atoms with Gasteiger partial charge in [-0.2, -0.15) is 0 Å². The van der Waals surface area contributed by atoms with E-state index in [0.29, 0.717) is 18.5 Å². The van der Waals surface area contributed by atoms with Crippen molar-refractivity contribution in [2.75, 3.05) is 7.05 Å². The Bertz CT molecular complexity index is 484. The molecular formula is C15H23N3O2. The highest BCUT2D eigenvalue weighted by Gasteiger charge is 2.26. The first-order valence-electron chi connectivity index (χ1n) is 6.79. The molecule has 5 nitrogen and oxygen atoms in total. The van der Waals surface area contributed by atoms with E-state index in [1.807, 2.05) is 13.0 Å². The third kappa shape index (κ3) is 4.35. The lowest BCUT2D eigenvalue weighted by Gasteiger charge is -2.22. The van der Waals surface area contributed by atoms with Crippen LogP contribution in [0.1, 0.15) is 42.6 Å². The Morgan fingerprint density at radius 2 is 2.05 bits per heavy atom. The standard InChI is InChI=1S/C15H23N3O2/c1-4-8-15(2,16)14(20)18-10-11-6-5-7-12(9-11)13(19)17-3/h5-7,9H,4,8,10,16H2,1-3H3,(H,17,19)(H,18,20). The predicted molar refractivity (Wildman–Crippen MR) is 79.2 cm³/mol. The molecule has 1 rings (SSSR count). The summed E-state index contributed by atoms with van der Waals surface area (Å²) < 4.78 is 0. The first-order chi connectivity index (χ1) is 9.40. The SMILES string of the molecule is CCCC(C)(N)C(=O)NCc1cccc(C(=O)NC)c1. The highest BCUT2D eigenvalue weighted by molar-refractivity contribution is 5.94. The molecule has 0 radical (unpaired) electrons. The van der Waals surface area contributed by atoms with E-state index in [2.05, 4.69) is 10.6 Å². The van der Waals surface area contributed by atoms with Crippen LogP contribution in [0.25, 0.3) is 0 Å². The second-order valence-corrected chi connectivity index (χ2v) is 5.13. The molecule has 0 aromatic heterocycles. The fourth-order valence-electron chi connectivity index (χ4n) is 1.98. The van der Waals surface area contributed by atoms with Crippen LogP contribution in [-0.4, -0.2) is 24.4 Å². The quantitative estimate of drug-likeness (QED) is 0.730. The molecule has 0 aliphatic heterocycles. The van der Waals surface area contributed by atoms with E-state index in [4.69, 9.17) is 5.73 Å². The summed E-state index contributed by atoms with van der Waals surface area (Å²) in [4.78, 5) is 23.5. The number of carbonyl (C=O) groups is 2. The molecule has 5 heteroatoms. The van der Waals surface area contributed by atoms with Gasteiger partial charge in [-0.3, -0.25) is 9.59 Å². The van der Waals surface area contributed by atoms with Crippen molar-refractivity contribution in [3.63, 3.8) is 0 Å². The molecule has 2 amide bonds. The van der Waals surface area contributed by atoms with Gasteiger partial charge in [0, 0.05) is 19.2 Å². The van der Waals surface area contributed by atoms with Gasteiger partial charge < -0.3 is 16.4 Å². The number of nitrogens with one attached hydrogen (secondary N) is 2. The fraction of sp³-hybridized carbons (Fsp3) is 0.467. The van der Waals surface area contributed by atoms with E-state index in [9.17, 15) is 9.59 Å². The molecule has 0 aliphatic carbocycles. The van der Waals surface area contributed by atoms with Gasteiger partial charge in [0.15, 0.2) is 0 Å². The van der Waals surface area contributed by atoms with Crippen LogP contribution in [-0.2, 0) is 11.3 Å². The lowest BCUT2D eigenvalue weighted by atomic mass is 9.96. The van der Waals surface area contributed by atoms with Crippen LogP contribution < -0.4 is 16.4 Å². The van der Waals surface area contributed by atoms with Crippen LogP contribution in [0.15, 0.2) is 24.3 Å². The predicted octanol–water partition coefficient (Wildman–Crippen LogP) is 1.18. The Kier molecular flexibility index (Phi) is 5.70. The molecule has 0 aliphatic rings. The molecule has 4 N–H and O–H groups in total. The van der Waals surface area contributed by atoms with E-state index in [-0.39, 0.29) is 11.8 Å². The average Bonchev–Trinajstić information content (AvgIpc) is 2.44. The number of nitrogens with two attached hydrogens (primary N) is 1. The third-order valence-electron chi connectivity index (χ3n) is 3.16. The Hall–Kier alpha value is -1.88. The van der Waals surface area contributed by atoms with Gasteiger partial charge in [0.25, 0.3) is 5.91 Å². The normalized spacial score (nSPS) is 13.4. The maximum atomic E-state index is 12.0. The van der Waals surface area contributed by atoms with E-state index >= 15 is 0 Å². The molecule has 20 heavy (non-hydrogen) atoms. The number of benzene rings is 1. The number of hydrogen-bond acceptors (Lipinski definition) is 3. The van der Waals surface area contributed by atoms with Gasteiger partial charge in [0.2, 0.25) is 5.91 Å². The van der Waals surface area contributed by atoms with Crippen molar-refractivity contribution in [2.45, 2.75) is 38.8 Å². The van der Waals surface area contributed by atoms with Crippen LogP contribution in [0.2, 0.25) is 0 Å². The minimum atomic E-state index is -0.854. The van der Waals surface area contributed by atoms with Crippen molar-refractivity contribution in [2.24, 2.45) is 5.73 Å². The Balaban J connectivity index is 2.66. The zero-order valence-corrected chi connectivity index (χ0v) is 12.3. The monoisotopic (exact) mass is 277 g/mol. The molecule has 1 aromatic carbocycles. The highest BCUT2D eigenvalue weighted by atomic mass is 16.2. The molecule has 0 fully saturated rings. The number of amides is 2. The summed E-state index contributed by atoms with van der Waals surface area (Å²) in [5.41, 5.74) is 6.54. The first kappa shape index (κ1) is 16.2. The van der Waals surface area contributed by atoms with Crippen LogP contribution in [0.5, 0.6) is 0 Å². The largest absolute Gasteiger partial charge is 0.355 e. The van der Waals surface area contributed by atoms with Gasteiger partial charge in [-0.05, 0) is 31.0 Å². The highest BCUT2D eigenvalue weighted by Crippen LogP contribution is 2.10. The van der Waals surface area contributed by atoms with Gasteiger partial charge in [-0.15, -0.1) is 0 Å². The Labute approximate surface area is 119 Å². The molecule has 0 saturated carbocycles. The summed E-state index contributed by atoms with van der Waals surface area (Å²) in [6.07, 6.45) is 1.49. The van der Waals surface area contributed by atoms with Crippen LogP contribution in [0.4, 0.5) is 0 Å². The van der Waals surface area contributed by atoms with Crippen LogP contribution in [0.3, 0.4) is 0 Å². The topological polar surface area (TPSA) is 84.2 Å². The lowest BCUT2D eigenvalue weighted by molar-refractivity contribution is -0.126.